The number of carboxylic acid groups (broad SMARTS) is 1. The standard InChI is InChI=1S/C13H17FO4/c1-7-9(5-4-6-10(15)16)12(17)13(18-3)8(2)11(7)14/h17H,4-6H2,1-3H3,(H,15,16). The predicted octanol–water partition coefficient (Wildman–Crippen LogP) is 2.56. The van der Waals surface area contributed by atoms with Gasteiger partial charge in [0.25, 0.3) is 0 Å². The molecule has 0 heterocycles. The van der Waals surface area contributed by atoms with Crippen molar-refractivity contribution in [2.45, 2.75) is 33.1 Å². The Hall–Kier alpha value is -1.78. The summed E-state index contributed by atoms with van der Waals surface area (Å²) in [5.74, 6) is -1.32. The number of halogens is 1. The van der Waals surface area contributed by atoms with Gasteiger partial charge in [-0.15, -0.1) is 0 Å². The van der Waals surface area contributed by atoms with E-state index >= 15 is 0 Å². The number of phenols is 1. The van der Waals surface area contributed by atoms with Gasteiger partial charge in [-0.3, -0.25) is 4.79 Å². The SMILES string of the molecule is COc1c(C)c(F)c(C)c(CCCC(=O)O)c1O. The van der Waals surface area contributed by atoms with Gasteiger partial charge in [0.2, 0.25) is 0 Å². The Balaban J connectivity index is 3.10. The zero-order valence-electron chi connectivity index (χ0n) is 10.7. The van der Waals surface area contributed by atoms with E-state index in [1.807, 2.05) is 0 Å². The third kappa shape index (κ3) is 2.72. The Bertz CT molecular complexity index is 469. The van der Waals surface area contributed by atoms with Gasteiger partial charge in [-0.1, -0.05) is 0 Å². The number of aromatic hydroxyl groups is 1. The molecule has 0 amide bonds. The molecule has 1 aromatic carbocycles. The van der Waals surface area contributed by atoms with Crippen molar-refractivity contribution in [1.82, 2.24) is 0 Å². The topological polar surface area (TPSA) is 66.8 Å². The number of rotatable bonds is 5. The lowest BCUT2D eigenvalue weighted by Gasteiger charge is -2.15. The van der Waals surface area contributed by atoms with E-state index in [2.05, 4.69) is 0 Å². The third-order valence-electron chi connectivity index (χ3n) is 2.97. The van der Waals surface area contributed by atoms with Gasteiger partial charge in [-0.2, -0.15) is 0 Å². The number of carboxylic acids is 1. The summed E-state index contributed by atoms with van der Waals surface area (Å²) >= 11 is 0. The highest BCUT2D eigenvalue weighted by Gasteiger charge is 2.19. The molecule has 0 spiro atoms. The summed E-state index contributed by atoms with van der Waals surface area (Å²) in [6.07, 6.45) is 0.629. The van der Waals surface area contributed by atoms with Crippen LogP contribution >= 0.6 is 0 Å². The molecule has 0 saturated heterocycles. The number of hydrogen-bond acceptors (Lipinski definition) is 3. The quantitative estimate of drug-likeness (QED) is 0.849. The average molecular weight is 256 g/mol. The van der Waals surface area contributed by atoms with Crippen molar-refractivity contribution in [3.8, 4) is 11.5 Å². The van der Waals surface area contributed by atoms with Crippen LogP contribution in [0, 0.1) is 19.7 Å². The van der Waals surface area contributed by atoms with Gasteiger partial charge in [0.1, 0.15) is 5.82 Å². The Morgan fingerprint density at radius 1 is 1.33 bits per heavy atom. The van der Waals surface area contributed by atoms with Crippen molar-refractivity contribution in [2.24, 2.45) is 0 Å². The molecule has 0 aromatic heterocycles. The second-order valence-electron chi connectivity index (χ2n) is 4.17. The summed E-state index contributed by atoms with van der Waals surface area (Å²) < 4.78 is 18.9. The first-order valence-corrected chi connectivity index (χ1v) is 5.66. The lowest BCUT2D eigenvalue weighted by molar-refractivity contribution is -0.137. The van der Waals surface area contributed by atoms with Crippen LogP contribution in [0.4, 0.5) is 4.39 Å². The van der Waals surface area contributed by atoms with Crippen molar-refractivity contribution < 1.29 is 24.1 Å². The van der Waals surface area contributed by atoms with Gasteiger partial charge in [-0.05, 0) is 32.3 Å². The van der Waals surface area contributed by atoms with Crippen LogP contribution in [0.25, 0.3) is 0 Å². The molecule has 0 atom stereocenters. The van der Waals surface area contributed by atoms with E-state index in [1.165, 1.54) is 14.0 Å². The van der Waals surface area contributed by atoms with Gasteiger partial charge >= 0.3 is 5.97 Å². The molecule has 2 N–H and O–H groups in total. The monoisotopic (exact) mass is 256 g/mol. The Labute approximate surface area is 105 Å². The molecular formula is C13H17FO4. The fourth-order valence-corrected chi connectivity index (χ4v) is 1.98. The molecule has 1 aromatic rings. The van der Waals surface area contributed by atoms with Gasteiger partial charge in [0, 0.05) is 17.5 Å². The minimum absolute atomic E-state index is 0.0172. The molecule has 4 nitrogen and oxygen atoms in total. The molecule has 0 bridgehead atoms. The maximum Gasteiger partial charge on any atom is 0.303 e. The van der Waals surface area contributed by atoms with Crippen LogP contribution < -0.4 is 4.74 Å². The summed E-state index contributed by atoms with van der Waals surface area (Å²) in [7, 11) is 1.36. The van der Waals surface area contributed by atoms with Gasteiger partial charge in [-0.25, -0.2) is 4.39 Å². The highest BCUT2D eigenvalue weighted by molar-refractivity contribution is 5.66. The highest BCUT2D eigenvalue weighted by atomic mass is 19.1. The predicted molar refractivity (Wildman–Crippen MR) is 64.7 cm³/mol. The zero-order valence-corrected chi connectivity index (χ0v) is 10.7. The molecule has 1 rings (SSSR count). The fourth-order valence-electron chi connectivity index (χ4n) is 1.98. The van der Waals surface area contributed by atoms with Crippen LogP contribution in [0.5, 0.6) is 11.5 Å². The van der Waals surface area contributed by atoms with Crippen LogP contribution in [0.2, 0.25) is 0 Å². The van der Waals surface area contributed by atoms with Crippen LogP contribution in [0.1, 0.15) is 29.5 Å². The van der Waals surface area contributed by atoms with E-state index in [1.54, 1.807) is 6.92 Å². The van der Waals surface area contributed by atoms with E-state index in [9.17, 15) is 14.3 Å². The molecule has 0 saturated carbocycles. The largest absolute Gasteiger partial charge is 0.504 e. The summed E-state index contributed by atoms with van der Waals surface area (Å²) in [5, 5.41) is 18.6. The Morgan fingerprint density at radius 2 is 1.94 bits per heavy atom. The maximum absolute atomic E-state index is 13.9. The van der Waals surface area contributed by atoms with Crippen molar-refractivity contribution in [2.75, 3.05) is 7.11 Å². The molecule has 0 radical (unpaired) electrons. The van der Waals surface area contributed by atoms with Crippen molar-refractivity contribution >= 4 is 5.97 Å². The molecule has 5 heteroatoms. The third-order valence-corrected chi connectivity index (χ3v) is 2.97. The molecule has 0 fully saturated rings. The molecule has 18 heavy (non-hydrogen) atoms. The van der Waals surface area contributed by atoms with E-state index in [0.717, 1.165) is 0 Å². The maximum atomic E-state index is 13.9. The number of carbonyl (C=O) groups is 1. The van der Waals surface area contributed by atoms with Crippen LogP contribution in [0.3, 0.4) is 0 Å². The molecule has 0 aliphatic heterocycles. The lowest BCUT2D eigenvalue weighted by atomic mass is 9.97. The number of aliphatic carboxylic acids is 1. The van der Waals surface area contributed by atoms with Gasteiger partial charge in [0.05, 0.1) is 7.11 Å². The Kier molecular flexibility index (Phi) is 4.53. The number of benzene rings is 1. The van der Waals surface area contributed by atoms with Crippen molar-refractivity contribution in [3.05, 3.63) is 22.5 Å². The number of phenolic OH excluding ortho intramolecular Hbond substituents is 1. The van der Waals surface area contributed by atoms with Crippen molar-refractivity contribution in [3.63, 3.8) is 0 Å². The van der Waals surface area contributed by atoms with Crippen LogP contribution in [-0.4, -0.2) is 23.3 Å². The number of ether oxygens (including phenoxy) is 1. The first-order chi connectivity index (χ1) is 8.40. The van der Waals surface area contributed by atoms with E-state index < -0.39 is 11.8 Å². The smallest absolute Gasteiger partial charge is 0.303 e. The first-order valence-electron chi connectivity index (χ1n) is 5.66. The van der Waals surface area contributed by atoms with E-state index in [-0.39, 0.29) is 23.5 Å². The molecule has 0 aliphatic rings. The first kappa shape index (κ1) is 14.3. The molecule has 0 unspecified atom stereocenters. The fraction of sp³-hybridized carbons (Fsp3) is 0.462. The minimum atomic E-state index is -0.910. The molecule has 100 valence electrons. The number of hydrogen-bond donors (Lipinski definition) is 2. The van der Waals surface area contributed by atoms with Crippen LogP contribution in [-0.2, 0) is 11.2 Å². The lowest BCUT2D eigenvalue weighted by Crippen LogP contribution is -2.03. The highest BCUT2D eigenvalue weighted by Crippen LogP contribution is 2.38. The number of methoxy groups -OCH3 is 1. The van der Waals surface area contributed by atoms with Gasteiger partial charge < -0.3 is 14.9 Å². The molecular weight excluding hydrogens is 239 g/mol. The average Bonchev–Trinajstić information content (AvgIpc) is 2.31. The second kappa shape index (κ2) is 5.71. The van der Waals surface area contributed by atoms with Crippen molar-refractivity contribution in [1.29, 1.82) is 0 Å². The second-order valence-corrected chi connectivity index (χ2v) is 4.17. The van der Waals surface area contributed by atoms with E-state index in [0.29, 0.717) is 24.0 Å². The van der Waals surface area contributed by atoms with Gasteiger partial charge in [0.15, 0.2) is 11.5 Å². The molecule has 0 aliphatic carbocycles. The Morgan fingerprint density at radius 3 is 2.44 bits per heavy atom. The van der Waals surface area contributed by atoms with Crippen LogP contribution in [0.15, 0.2) is 0 Å². The minimum Gasteiger partial charge on any atom is -0.504 e. The zero-order chi connectivity index (χ0) is 13.9. The summed E-state index contributed by atoms with van der Waals surface area (Å²) in [4.78, 5) is 10.4. The van der Waals surface area contributed by atoms with E-state index in [4.69, 9.17) is 9.84 Å². The normalized spacial score (nSPS) is 10.4. The summed E-state index contributed by atoms with van der Waals surface area (Å²) in [6.45, 7) is 3.10. The summed E-state index contributed by atoms with van der Waals surface area (Å²) in [6, 6.07) is 0. The summed E-state index contributed by atoms with van der Waals surface area (Å²) in [5.41, 5.74) is 1.02.